The number of carbonyl (C=O) groups is 3. The maximum atomic E-state index is 10.4. The molecule has 6 nitrogen and oxygen atoms in total. The van der Waals surface area contributed by atoms with Crippen molar-refractivity contribution >= 4 is 17.9 Å². The van der Waals surface area contributed by atoms with E-state index < -0.39 is 23.9 Å². The van der Waals surface area contributed by atoms with Crippen LogP contribution in [0.25, 0.3) is 0 Å². The van der Waals surface area contributed by atoms with Crippen molar-refractivity contribution in [1.82, 2.24) is 10.6 Å². The molecule has 1 unspecified atom stereocenters. The van der Waals surface area contributed by atoms with Crippen LogP contribution in [0.2, 0.25) is 0 Å². The van der Waals surface area contributed by atoms with Gasteiger partial charge in [0.1, 0.15) is 6.04 Å². The first-order valence-electron chi connectivity index (χ1n) is 2.43. The summed E-state index contributed by atoms with van der Waals surface area (Å²) in [6.45, 7) is 0. The van der Waals surface area contributed by atoms with Gasteiger partial charge in [0.05, 0.1) is 5.97 Å². The zero-order valence-electron chi connectivity index (χ0n) is 5.01. The predicted octanol–water partition coefficient (Wildman–Crippen LogP) is -3.06. The summed E-state index contributed by atoms with van der Waals surface area (Å²) in [6.07, 6.45) is 0. The Kier molecular flexibility index (Phi) is 3.24. The van der Waals surface area contributed by atoms with Crippen molar-refractivity contribution in [1.29, 1.82) is 0 Å². The van der Waals surface area contributed by atoms with Gasteiger partial charge in [-0.1, -0.05) is 0 Å². The molecule has 0 radical (unpaired) electrons. The van der Waals surface area contributed by atoms with Gasteiger partial charge in [0.15, 0.2) is 0 Å². The molecule has 11 heavy (non-hydrogen) atoms. The Morgan fingerprint density at radius 1 is 1.45 bits per heavy atom. The molecule has 0 saturated carbocycles. The summed E-state index contributed by atoms with van der Waals surface area (Å²) in [5.74, 6) is -2.49. The maximum absolute atomic E-state index is 10.4. The van der Waals surface area contributed by atoms with E-state index in [1.54, 1.807) is 5.32 Å². The van der Waals surface area contributed by atoms with Gasteiger partial charge in [0, 0.05) is 0 Å². The van der Waals surface area contributed by atoms with Gasteiger partial charge < -0.3 is 15.2 Å². The normalized spacial score (nSPS) is 21.6. The van der Waals surface area contributed by atoms with E-state index in [1.165, 1.54) is 0 Å². The van der Waals surface area contributed by atoms with Gasteiger partial charge in [-0.05, 0) is 0 Å². The Bertz CT molecular complexity index is 216. The summed E-state index contributed by atoms with van der Waals surface area (Å²) in [4.78, 5) is 30.6. The molecule has 7 heteroatoms. The molecule has 1 atom stereocenters. The second-order valence-electron chi connectivity index (χ2n) is 1.71. The molecule has 0 aromatic heterocycles. The second-order valence-corrected chi connectivity index (χ2v) is 1.71. The topological polar surface area (TPSA) is 98.3 Å². The van der Waals surface area contributed by atoms with Gasteiger partial charge in [0.2, 0.25) is 0 Å². The van der Waals surface area contributed by atoms with Crippen LogP contribution in [0.3, 0.4) is 0 Å². The number of rotatable bonds is 1. The van der Waals surface area contributed by atoms with E-state index in [4.69, 9.17) is 0 Å². The third-order valence-corrected chi connectivity index (χ3v) is 1.01. The summed E-state index contributed by atoms with van der Waals surface area (Å²) < 4.78 is 0. The van der Waals surface area contributed by atoms with Crippen molar-refractivity contribution in [3.8, 4) is 0 Å². The number of amides is 3. The molecule has 0 bridgehead atoms. The standard InChI is InChI=1S/C4H4N2O4.Ag/c7-2-1(3(8)9)5-4(10)6-2;/h1H,(H,8,9)(H2,5,6,7,10);/q;+1/p-1. The molecule has 2 N–H and O–H groups in total. The predicted molar refractivity (Wildman–Crippen MR) is 25.5 cm³/mol. The number of hydrogen-bond donors (Lipinski definition) is 2. The minimum Gasteiger partial charge on any atom is -0.547 e. The van der Waals surface area contributed by atoms with Crippen molar-refractivity contribution in [3.63, 3.8) is 0 Å². The van der Waals surface area contributed by atoms with Gasteiger partial charge >= 0.3 is 28.4 Å². The Hall–Kier alpha value is -0.850. The number of hydrogen-bond acceptors (Lipinski definition) is 4. The molecule has 64 valence electrons. The maximum Gasteiger partial charge on any atom is 1.00 e. The molecule has 1 aliphatic heterocycles. The second kappa shape index (κ2) is 3.51. The van der Waals surface area contributed by atoms with Crippen LogP contribution in [-0.4, -0.2) is 23.9 Å². The van der Waals surface area contributed by atoms with Gasteiger partial charge in [-0.3, -0.25) is 10.1 Å². The summed E-state index contributed by atoms with van der Waals surface area (Å²) >= 11 is 0. The minimum atomic E-state index is -1.61. The first kappa shape index (κ1) is 10.2. The van der Waals surface area contributed by atoms with Crippen molar-refractivity contribution in [3.05, 3.63) is 0 Å². The van der Waals surface area contributed by atoms with Crippen molar-refractivity contribution < 1.29 is 41.9 Å². The van der Waals surface area contributed by atoms with Gasteiger partial charge in [-0.25, -0.2) is 4.79 Å². The van der Waals surface area contributed by atoms with E-state index in [0.29, 0.717) is 0 Å². The summed E-state index contributed by atoms with van der Waals surface area (Å²) in [5.41, 5.74) is 0. The third-order valence-electron chi connectivity index (χ3n) is 1.01. The van der Waals surface area contributed by atoms with E-state index in [0.717, 1.165) is 0 Å². The van der Waals surface area contributed by atoms with Gasteiger partial charge in [-0.2, -0.15) is 0 Å². The van der Waals surface area contributed by atoms with Gasteiger partial charge in [-0.15, -0.1) is 0 Å². The zero-order chi connectivity index (χ0) is 7.72. The molecule has 0 aromatic rings. The van der Waals surface area contributed by atoms with Crippen LogP contribution < -0.4 is 15.7 Å². The van der Waals surface area contributed by atoms with Crippen molar-refractivity contribution in [2.45, 2.75) is 6.04 Å². The number of imide groups is 1. The molecular weight excluding hydrogens is 248 g/mol. The van der Waals surface area contributed by atoms with Crippen LogP contribution in [0.4, 0.5) is 4.79 Å². The SMILES string of the molecule is O=C1NC(=O)C(C(=O)[O-])N1.[Ag+]. The molecule has 3 amide bonds. The fraction of sp³-hybridized carbons (Fsp3) is 0.250. The molecule has 1 rings (SSSR count). The molecule has 0 aliphatic carbocycles. The van der Waals surface area contributed by atoms with E-state index in [1.807, 2.05) is 5.32 Å². The van der Waals surface area contributed by atoms with E-state index in [9.17, 15) is 19.5 Å². The van der Waals surface area contributed by atoms with E-state index >= 15 is 0 Å². The fourth-order valence-electron chi connectivity index (χ4n) is 0.583. The molecule has 1 fully saturated rings. The monoisotopic (exact) mass is 250 g/mol. The Morgan fingerprint density at radius 2 is 2.00 bits per heavy atom. The average Bonchev–Trinajstić information content (AvgIpc) is 2.10. The van der Waals surface area contributed by atoms with Crippen molar-refractivity contribution in [2.75, 3.05) is 0 Å². The van der Waals surface area contributed by atoms with Crippen LogP contribution in [0.1, 0.15) is 0 Å². The minimum absolute atomic E-state index is 0. The van der Waals surface area contributed by atoms with Crippen molar-refractivity contribution in [2.24, 2.45) is 0 Å². The quantitative estimate of drug-likeness (QED) is 0.293. The molecule has 0 aromatic carbocycles. The molecule has 1 saturated heterocycles. The van der Waals surface area contributed by atoms with Gasteiger partial charge in [0.25, 0.3) is 5.91 Å². The summed E-state index contributed by atoms with van der Waals surface area (Å²) in [6, 6.07) is -2.34. The largest absolute Gasteiger partial charge is 1.00 e. The van der Waals surface area contributed by atoms with E-state index in [-0.39, 0.29) is 22.4 Å². The smallest absolute Gasteiger partial charge is 0.547 e. The molecular formula is C4H3AgN2O4. The molecule has 1 heterocycles. The average molecular weight is 251 g/mol. The number of urea groups is 1. The summed E-state index contributed by atoms with van der Waals surface area (Å²) in [5, 5.41) is 13.6. The number of carbonyl (C=O) groups excluding carboxylic acids is 3. The Labute approximate surface area is 76.8 Å². The first-order chi connectivity index (χ1) is 4.61. The first-order valence-corrected chi connectivity index (χ1v) is 2.43. The zero-order valence-corrected chi connectivity index (χ0v) is 6.49. The van der Waals surface area contributed by atoms with Crippen LogP contribution >= 0.6 is 0 Å². The van der Waals surface area contributed by atoms with Crippen LogP contribution in [0, 0.1) is 0 Å². The number of carboxylic acid groups (broad SMARTS) is 1. The number of aliphatic carboxylic acids is 1. The Morgan fingerprint density at radius 3 is 2.18 bits per heavy atom. The molecule has 1 aliphatic rings. The van der Waals surface area contributed by atoms with E-state index in [2.05, 4.69) is 0 Å². The van der Waals surface area contributed by atoms with Crippen LogP contribution in [0.5, 0.6) is 0 Å². The fourth-order valence-corrected chi connectivity index (χ4v) is 0.583. The number of nitrogens with one attached hydrogen (secondary N) is 2. The van der Waals surface area contributed by atoms with Crippen LogP contribution in [0.15, 0.2) is 0 Å². The third kappa shape index (κ3) is 2.04. The Balaban J connectivity index is 0.000001000. The number of carboxylic acids is 1. The molecule has 0 spiro atoms. The van der Waals surface area contributed by atoms with Crippen LogP contribution in [-0.2, 0) is 32.0 Å². The summed E-state index contributed by atoms with van der Waals surface area (Å²) in [7, 11) is 0.